The van der Waals surface area contributed by atoms with Crippen molar-refractivity contribution in [2.75, 3.05) is 72.8 Å². The van der Waals surface area contributed by atoms with E-state index < -0.39 is 5.54 Å². The van der Waals surface area contributed by atoms with Crippen LogP contribution in [-0.2, 0) is 4.79 Å². The molecule has 2 aliphatic rings. The molecule has 0 aliphatic carbocycles. The first kappa shape index (κ1) is 31.6. The maximum absolute atomic E-state index is 13.5. The molecule has 0 radical (unpaired) electrons. The third kappa shape index (κ3) is 7.37. The van der Waals surface area contributed by atoms with Crippen LogP contribution in [0, 0.1) is 0 Å². The number of anilines is 1. The lowest BCUT2D eigenvalue weighted by Gasteiger charge is -2.50. The number of carbonyl (C=O) groups is 2. The van der Waals surface area contributed by atoms with Gasteiger partial charge in [0.15, 0.2) is 0 Å². The number of halogens is 2. The first-order valence-corrected chi connectivity index (χ1v) is 15.6. The Morgan fingerprint density at radius 1 is 0.951 bits per heavy atom. The molecule has 2 saturated heterocycles. The van der Waals surface area contributed by atoms with Crippen molar-refractivity contribution in [2.24, 2.45) is 0 Å². The molecule has 2 heterocycles. The van der Waals surface area contributed by atoms with Crippen molar-refractivity contribution in [1.82, 2.24) is 19.6 Å². The second-order valence-electron chi connectivity index (χ2n) is 11.8. The molecule has 4 rings (SSSR count). The molecule has 1 unspecified atom stereocenters. The van der Waals surface area contributed by atoms with E-state index in [1.54, 1.807) is 9.80 Å². The SMILES string of the molecule is CNc1ccccc1C(=O)N(C)CC(CCN1CCC(C(=O)N(C)C)(N2CCCCC2)CC1)c1ccc(Cl)c(Cl)c1. The van der Waals surface area contributed by atoms with Crippen molar-refractivity contribution in [3.05, 3.63) is 63.6 Å². The van der Waals surface area contributed by atoms with Gasteiger partial charge in [0.2, 0.25) is 5.91 Å². The molecule has 9 heteroatoms. The van der Waals surface area contributed by atoms with E-state index in [9.17, 15) is 9.59 Å². The fourth-order valence-electron chi connectivity index (χ4n) is 6.52. The van der Waals surface area contributed by atoms with Crippen molar-refractivity contribution in [3.63, 3.8) is 0 Å². The Morgan fingerprint density at radius 2 is 1.63 bits per heavy atom. The molecule has 2 fully saturated rings. The molecule has 0 bridgehead atoms. The van der Waals surface area contributed by atoms with Crippen LogP contribution in [0.4, 0.5) is 5.69 Å². The van der Waals surface area contributed by atoms with Crippen LogP contribution in [0.25, 0.3) is 0 Å². The van der Waals surface area contributed by atoms with E-state index in [1.807, 2.05) is 70.7 Å². The highest BCUT2D eigenvalue weighted by atomic mass is 35.5. The lowest BCUT2D eigenvalue weighted by Crippen LogP contribution is -2.64. The monoisotopic (exact) mass is 601 g/mol. The Bertz CT molecular complexity index is 1190. The van der Waals surface area contributed by atoms with Crippen LogP contribution in [-0.4, -0.2) is 104 Å². The van der Waals surface area contributed by atoms with E-state index in [2.05, 4.69) is 15.1 Å². The highest BCUT2D eigenvalue weighted by molar-refractivity contribution is 6.42. The standard InChI is InChI=1S/C32H45Cl2N5O2/c1-35-29-11-7-6-10-26(29)30(40)37(4)23-25(24-12-13-27(33)28(34)22-24)14-19-38-20-15-32(16-21-38,31(41)36(2)3)39-17-8-5-9-18-39/h6-7,10-13,22,25,35H,5,8-9,14-21,23H2,1-4H3. The summed E-state index contributed by atoms with van der Waals surface area (Å²) in [5, 5.41) is 4.17. The van der Waals surface area contributed by atoms with E-state index >= 15 is 0 Å². The van der Waals surface area contributed by atoms with Crippen molar-refractivity contribution >= 4 is 40.7 Å². The minimum absolute atomic E-state index is 0.0218. The predicted octanol–water partition coefficient (Wildman–Crippen LogP) is 5.69. The van der Waals surface area contributed by atoms with Crippen LogP contribution in [0.2, 0.25) is 10.0 Å². The lowest BCUT2D eigenvalue weighted by atomic mass is 9.82. The lowest BCUT2D eigenvalue weighted by molar-refractivity contribution is -0.147. The Kier molecular flexibility index (Phi) is 11.0. The Balaban J connectivity index is 1.46. The molecule has 2 aromatic carbocycles. The van der Waals surface area contributed by atoms with Gasteiger partial charge in [-0.05, 0) is 81.6 Å². The van der Waals surface area contributed by atoms with Crippen molar-refractivity contribution in [2.45, 2.75) is 50.0 Å². The summed E-state index contributed by atoms with van der Waals surface area (Å²) in [4.78, 5) is 35.5. The molecule has 2 amide bonds. The molecule has 2 aromatic rings. The Hall–Kier alpha value is -2.32. The fraction of sp³-hybridized carbons (Fsp3) is 0.562. The van der Waals surface area contributed by atoms with E-state index in [1.165, 1.54) is 19.3 Å². The van der Waals surface area contributed by atoms with E-state index in [4.69, 9.17) is 23.2 Å². The molecule has 0 spiro atoms. The molecule has 41 heavy (non-hydrogen) atoms. The number of nitrogens with one attached hydrogen (secondary N) is 1. The maximum Gasteiger partial charge on any atom is 0.255 e. The summed E-state index contributed by atoms with van der Waals surface area (Å²) in [7, 11) is 7.46. The van der Waals surface area contributed by atoms with Gasteiger partial charge in [-0.3, -0.25) is 14.5 Å². The third-order valence-electron chi connectivity index (χ3n) is 8.93. The molecular formula is C32H45Cl2N5O2. The summed E-state index contributed by atoms with van der Waals surface area (Å²) >= 11 is 12.7. The smallest absolute Gasteiger partial charge is 0.255 e. The van der Waals surface area contributed by atoms with Crippen molar-refractivity contribution < 1.29 is 9.59 Å². The fourth-order valence-corrected chi connectivity index (χ4v) is 6.83. The number of hydrogen-bond acceptors (Lipinski definition) is 5. The van der Waals surface area contributed by atoms with Gasteiger partial charge < -0.3 is 20.0 Å². The number of piperidine rings is 2. The van der Waals surface area contributed by atoms with Crippen LogP contribution in [0.15, 0.2) is 42.5 Å². The molecule has 0 aromatic heterocycles. The third-order valence-corrected chi connectivity index (χ3v) is 9.66. The summed E-state index contributed by atoms with van der Waals surface area (Å²) < 4.78 is 0. The second kappa shape index (κ2) is 14.2. The molecular weight excluding hydrogens is 557 g/mol. The zero-order valence-electron chi connectivity index (χ0n) is 25.0. The number of amides is 2. The van der Waals surface area contributed by atoms with Crippen molar-refractivity contribution in [3.8, 4) is 0 Å². The normalized spacial score (nSPS) is 18.5. The average Bonchev–Trinajstić information content (AvgIpc) is 3.00. The van der Waals surface area contributed by atoms with Crippen LogP contribution in [0.3, 0.4) is 0 Å². The number of hydrogen-bond donors (Lipinski definition) is 1. The predicted molar refractivity (Wildman–Crippen MR) is 169 cm³/mol. The van der Waals surface area contributed by atoms with Gasteiger partial charge in [-0.15, -0.1) is 0 Å². The number of carbonyl (C=O) groups excluding carboxylic acids is 2. The maximum atomic E-state index is 13.5. The molecule has 7 nitrogen and oxygen atoms in total. The van der Waals surface area contributed by atoms with Gasteiger partial charge >= 0.3 is 0 Å². The quantitative estimate of drug-likeness (QED) is 0.379. The second-order valence-corrected chi connectivity index (χ2v) is 12.6. The summed E-state index contributed by atoms with van der Waals surface area (Å²) in [6.45, 7) is 5.22. The number of benzene rings is 2. The number of likely N-dealkylation sites (N-methyl/N-ethyl adjacent to an activating group) is 2. The minimum atomic E-state index is -0.392. The summed E-state index contributed by atoms with van der Waals surface area (Å²) in [6, 6.07) is 13.4. The molecule has 0 saturated carbocycles. The first-order chi connectivity index (χ1) is 19.7. The zero-order valence-corrected chi connectivity index (χ0v) is 26.5. The van der Waals surface area contributed by atoms with Gasteiger partial charge in [0, 0.05) is 59.4 Å². The number of likely N-dealkylation sites (tertiary alicyclic amines) is 2. The number of para-hydroxylation sites is 1. The van der Waals surface area contributed by atoms with Gasteiger partial charge in [0.05, 0.1) is 15.6 Å². The Morgan fingerprint density at radius 3 is 2.27 bits per heavy atom. The minimum Gasteiger partial charge on any atom is -0.387 e. The highest BCUT2D eigenvalue weighted by Gasteiger charge is 2.47. The van der Waals surface area contributed by atoms with Crippen LogP contribution < -0.4 is 5.32 Å². The molecule has 224 valence electrons. The number of nitrogens with zero attached hydrogens (tertiary/aromatic N) is 4. The zero-order chi connectivity index (χ0) is 29.6. The summed E-state index contributed by atoms with van der Waals surface area (Å²) in [6.07, 6.45) is 6.15. The number of rotatable bonds is 10. The molecule has 1 N–H and O–H groups in total. The topological polar surface area (TPSA) is 59.1 Å². The van der Waals surface area contributed by atoms with E-state index in [-0.39, 0.29) is 17.7 Å². The largest absolute Gasteiger partial charge is 0.387 e. The van der Waals surface area contributed by atoms with E-state index in [0.29, 0.717) is 22.2 Å². The van der Waals surface area contributed by atoms with Gasteiger partial charge in [0.1, 0.15) is 5.54 Å². The average molecular weight is 603 g/mol. The summed E-state index contributed by atoms with van der Waals surface area (Å²) in [5.74, 6) is 0.305. The van der Waals surface area contributed by atoms with Crippen LogP contribution >= 0.6 is 23.2 Å². The highest BCUT2D eigenvalue weighted by Crippen LogP contribution is 2.34. The van der Waals surface area contributed by atoms with Crippen molar-refractivity contribution in [1.29, 1.82) is 0 Å². The van der Waals surface area contributed by atoms with Gasteiger partial charge in [-0.2, -0.15) is 0 Å². The first-order valence-electron chi connectivity index (χ1n) is 14.8. The van der Waals surface area contributed by atoms with Gasteiger partial charge in [-0.25, -0.2) is 0 Å². The molecule has 1 atom stereocenters. The van der Waals surface area contributed by atoms with Gasteiger partial charge in [-0.1, -0.05) is 47.8 Å². The van der Waals surface area contributed by atoms with E-state index in [0.717, 1.165) is 63.2 Å². The van der Waals surface area contributed by atoms with Crippen LogP contribution in [0.5, 0.6) is 0 Å². The molecule has 2 aliphatic heterocycles. The van der Waals surface area contributed by atoms with Crippen LogP contribution in [0.1, 0.15) is 60.4 Å². The Labute approximate surface area is 255 Å². The van der Waals surface area contributed by atoms with Gasteiger partial charge in [0.25, 0.3) is 5.91 Å². The summed E-state index contributed by atoms with van der Waals surface area (Å²) in [5.41, 5.74) is 2.15.